The summed E-state index contributed by atoms with van der Waals surface area (Å²) in [6.45, 7) is 0.0676. The SMILES string of the molecule is O=C(Cn1ccc(=O)c2ccccc21)Nc1ccc(F)cc1. The van der Waals surface area contributed by atoms with Gasteiger partial charge in [0.25, 0.3) is 0 Å². The van der Waals surface area contributed by atoms with Gasteiger partial charge in [-0.05, 0) is 36.4 Å². The number of benzene rings is 2. The van der Waals surface area contributed by atoms with E-state index in [0.29, 0.717) is 16.6 Å². The molecule has 1 aromatic heterocycles. The summed E-state index contributed by atoms with van der Waals surface area (Å²) in [5.41, 5.74) is 1.15. The molecule has 3 rings (SSSR count). The highest BCUT2D eigenvalue weighted by atomic mass is 19.1. The van der Waals surface area contributed by atoms with Crippen molar-refractivity contribution in [2.24, 2.45) is 0 Å². The molecule has 0 aliphatic rings. The Bertz CT molecular complexity index is 885. The molecule has 110 valence electrons. The smallest absolute Gasteiger partial charge is 0.244 e. The van der Waals surface area contributed by atoms with E-state index in [1.807, 2.05) is 6.07 Å². The summed E-state index contributed by atoms with van der Waals surface area (Å²) in [6.07, 6.45) is 1.59. The van der Waals surface area contributed by atoms with E-state index < -0.39 is 0 Å². The molecule has 1 amide bonds. The fourth-order valence-corrected chi connectivity index (χ4v) is 2.29. The molecule has 5 heteroatoms. The number of fused-ring (bicyclic) bond motifs is 1. The van der Waals surface area contributed by atoms with E-state index in [2.05, 4.69) is 5.32 Å². The Hall–Kier alpha value is -2.95. The van der Waals surface area contributed by atoms with E-state index in [4.69, 9.17) is 0 Å². The predicted molar refractivity (Wildman–Crippen MR) is 83.2 cm³/mol. The summed E-state index contributed by atoms with van der Waals surface area (Å²) >= 11 is 0. The molecule has 0 radical (unpaired) electrons. The summed E-state index contributed by atoms with van der Waals surface area (Å²) in [7, 11) is 0. The van der Waals surface area contributed by atoms with Crippen LogP contribution in [-0.4, -0.2) is 10.5 Å². The molecule has 0 saturated heterocycles. The molecule has 0 aliphatic carbocycles. The second kappa shape index (κ2) is 5.81. The third kappa shape index (κ3) is 2.88. The van der Waals surface area contributed by atoms with Crippen molar-refractivity contribution in [1.29, 1.82) is 0 Å². The monoisotopic (exact) mass is 296 g/mol. The summed E-state index contributed by atoms with van der Waals surface area (Å²) in [6, 6.07) is 14.1. The number of aromatic nitrogens is 1. The van der Waals surface area contributed by atoms with Gasteiger partial charge in [0.05, 0.1) is 5.52 Å². The van der Waals surface area contributed by atoms with Gasteiger partial charge >= 0.3 is 0 Å². The van der Waals surface area contributed by atoms with E-state index in [0.717, 1.165) is 0 Å². The Morgan fingerprint density at radius 3 is 2.55 bits per heavy atom. The molecule has 22 heavy (non-hydrogen) atoms. The number of halogens is 1. The van der Waals surface area contributed by atoms with Crippen LogP contribution in [0.25, 0.3) is 10.9 Å². The van der Waals surface area contributed by atoms with E-state index in [1.54, 1.807) is 29.0 Å². The van der Waals surface area contributed by atoms with Gasteiger partial charge in [0.1, 0.15) is 12.4 Å². The molecule has 0 saturated carbocycles. The van der Waals surface area contributed by atoms with Gasteiger partial charge in [-0.15, -0.1) is 0 Å². The van der Waals surface area contributed by atoms with Gasteiger partial charge in [0.2, 0.25) is 5.91 Å². The lowest BCUT2D eigenvalue weighted by atomic mass is 10.2. The van der Waals surface area contributed by atoms with Crippen molar-refractivity contribution in [2.75, 3.05) is 5.32 Å². The largest absolute Gasteiger partial charge is 0.338 e. The maximum Gasteiger partial charge on any atom is 0.244 e. The highest BCUT2D eigenvalue weighted by Crippen LogP contribution is 2.11. The zero-order valence-corrected chi connectivity index (χ0v) is 11.6. The summed E-state index contributed by atoms with van der Waals surface area (Å²) < 4.78 is 14.5. The number of nitrogens with zero attached hydrogens (tertiary/aromatic N) is 1. The van der Waals surface area contributed by atoms with Gasteiger partial charge in [-0.3, -0.25) is 9.59 Å². The normalized spacial score (nSPS) is 10.6. The number of carbonyl (C=O) groups is 1. The molecule has 0 atom stereocenters. The van der Waals surface area contributed by atoms with E-state index >= 15 is 0 Å². The van der Waals surface area contributed by atoms with Crippen LogP contribution in [0.4, 0.5) is 10.1 Å². The predicted octanol–water partition coefficient (Wildman–Crippen LogP) is 2.78. The number of nitrogens with one attached hydrogen (secondary N) is 1. The summed E-state index contributed by atoms with van der Waals surface area (Å²) in [5.74, 6) is -0.607. The van der Waals surface area contributed by atoms with E-state index in [-0.39, 0.29) is 23.7 Å². The van der Waals surface area contributed by atoms with Crippen molar-refractivity contribution in [2.45, 2.75) is 6.54 Å². The zero-order valence-electron chi connectivity index (χ0n) is 11.6. The van der Waals surface area contributed by atoms with Crippen molar-refractivity contribution < 1.29 is 9.18 Å². The van der Waals surface area contributed by atoms with Crippen LogP contribution in [0, 0.1) is 5.82 Å². The number of anilines is 1. The van der Waals surface area contributed by atoms with Crippen LogP contribution in [0.15, 0.2) is 65.6 Å². The van der Waals surface area contributed by atoms with Gasteiger partial charge in [-0.2, -0.15) is 0 Å². The Kier molecular flexibility index (Phi) is 3.70. The van der Waals surface area contributed by atoms with Crippen LogP contribution >= 0.6 is 0 Å². The van der Waals surface area contributed by atoms with Crippen LogP contribution in [0.2, 0.25) is 0 Å². The third-order valence-corrected chi connectivity index (χ3v) is 3.33. The summed E-state index contributed by atoms with van der Waals surface area (Å²) in [5, 5.41) is 3.26. The minimum absolute atomic E-state index is 0.0676. The number of pyridine rings is 1. The molecule has 0 fully saturated rings. The number of rotatable bonds is 3. The molecule has 0 aliphatic heterocycles. The zero-order chi connectivity index (χ0) is 15.5. The molecule has 2 aromatic carbocycles. The first-order valence-corrected chi connectivity index (χ1v) is 6.77. The molecular formula is C17H13FN2O2. The molecule has 1 N–H and O–H groups in total. The highest BCUT2D eigenvalue weighted by Gasteiger charge is 2.07. The first kappa shape index (κ1) is 14.0. The number of hydrogen-bond acceptors (Lipinski definition) is 2. The number of amides is 1. The van der Waals surface area contributed by atoms with Crippen molar-refractivity contribution >= 4 is 22.5 Å². The Balaban J connectivity index is 1.84. The van der Waals surface area contributed by atoms with Crippen LogP contribution in [-0.2, 0) is 11.3 Å². The van der Waals surface area contributed by atoms with Crippen LogP contribution < -0.4 is 10.7 Å². The second-order valence-corrected chi connectivity index (χ2v) is 4.88. The Morgan fingerprint density at radius 1 is 1.05 bits per heavy atom. The third-order valence-electron chi connectivity index (χ3n) is 3.33. The first-order valence-electron chi connectivity index (χ1n) is 6.77. The highest BCUT2D eigenvalue weighted by molar-refractivity contribution is 5.91. The van der Waals surface area contributed by atoms with Gasteiger partial charge in [0, 0.05) is 23.3 Å². The van der Waals surface area contributed by atoms with Crippen LogP contribution in [0.3, 0.4) is 0 Å². The summed E-state index contributed by atoms with van der Waals surface area (Å²) in [4.78, 5) is 23.9. The standard InChI is InChI=1S/C17H13FN2O2/c18-12-5-7-13(8-6-12)19-17(22)11-20-10-9-16(21)14-3-1-2-4-15(14)20/h1-10H,11H2,(H,19,22). The average Bonchev–Trinajstić information content (AvgIpc) is 2.53. The maximum absolute atomic E-state index is 12.8. The van der Waals surface area contributed by atoms with Crippen molar-refractivity contribution in [3.63, 3.8) is 0 Å². The topological polar surface area (TPSA) is 51.1 Å². The van der Waals surface area contributed by atoms with Gasteiger partial charge in [0.15, 0.2) is 5.43 Å². The molecular weight excluding hydrogens is 283 g/mol. The number of carbonyl (C=O) groups excluding carboxylic acids is 1. The van der Waals surface area contributed by atoms with Crippen LogP contribution in [0.5, 0.6) is 0 Å². The first-order chi connectivity index (χ1) is 10.6. The molecule has 0 bridgehead atoms. The molecule has 4 nitrogen and oxygen atoms in total. The molecule has 1 heterocycles. The van der Waals surface area contributed by atoms with Gasteiger partial charge in [-0.1, -0.05) is 12.1 Å². The molecule has 0 spiro atoms. The van der Waals surface area contributed by atoms with Gasteiger partial charge in [-0.25, -0.2) is 4.39 Å². The minimum Gasteiger partial charge on any atom is -0.338 e. The maximum atomic E-state index is 12.8. The van der Waals surface area contributed by atoms with E-state index in [9.17, 15) is 14.0 Å². The Labute approximate surface area is 125 Å². The lowest BCUT2D eigenvalue weighted by molar-refractivity contribution is -0.116. The van der Waals surface area contributed by atoms with E-state index in [1.165, 1.54) is 30.3 Å². The molecule has 3 aromatic rings. The fourth-order valence-electron chi connectivity index (χ4n) is 2.29. The fraction of sp³-hybridized carbons (Fsp3) is 0.0588. The molecule has 0 unspecified atom stereocenters. The van der Waals surface area contributed by atoms with Gasteiger partial charge < -0.3 is 9.88 Å². The quantitative estimate of drug-likeness (QED) is 0.808. The lowest BCUT2D eigenvalue weighted by Crippen LogP contribution is -2.20. The average molecular weight is 296 g/mol. The van der Waals surface area contributed by atoms with Crippen molar-refractivity contribution in [3.8, 4) is 0 Å². The lowest BCUT2D eigenvalue weighted by Gasteiger charge is -2.11. The number of hydrogen-bond donors (Lipinski definition) is 1. The second-order valence-electron chi connectivity index (χ2n) is 4.88. The minimum atomic E-state index is -0.357. The Morgan fingerprint density at radius 2 is 1.77 bits per heavy atom. The van der Waals surface area contributed by atoms with Crippen LogP contribution in [0.1, 0.15) is 0 Å². The van der Waals surface area contributed by atoms with Crippen molar-refractivity contribution in [3.05, 3.63) is 76.8 Å². The van der Waals surface area contributed by atoms with Crippen molar-refractivity contribution in [1.82, 2.24) is 4.57 Å². The number of para-hydroxylation sites is 1.